The molecule has 3 rings (SSSR count). The van der Waals surface area contributed by atoms with Gasteiger partial charge in [0.25, 0.3) is 5.91 Å². The number of para-hydroxylation sites is 3. The Morgan fingerprint density at radius 2 is 1.54 bits per heavy atom. The van der Waals surface area contributed by atoms with Gasteiger partial charge in [0.05, 0.1) is 12.3 Å². The number of carbonyl (C=O) groups is 1. The van der Waals surface area contributed by atoms with Gasteiger partial charge in [0.15, 0.2) is 6.10 Å². The molecule has 0 bridgehead atoms. The Kier molecular flexibility index (Phi) is 7.08. The van der Waals surface area contributed by atoms with E-state index in [1.807, 2.05) is 72.8 Å². The van der Waals surface area contributed by atoms with Crippen molar-refractivity contribution in [3.05, 3.63) is 90.5 Å². The fourth-order valence-electron chi connectivity index (χ4n) is 2.79. The van der Waals surface area contributed by atoms with Crippen LogP contribution in [0.3, 0.4) is 0 Å². The van der Waals surface area contributed by atoms with Gasteiger partial charge in [-0.2, -0.15) is 0 Å². The lowest BCUT2D eigenvalue weighted by molar-refractivity contribution is -0.122. The molecule has 1 unspecified atom stereocenters. The van der Waals surface area contributed by atoms with E-state index in [0.29, 0.717) is 23.8 Å². The second kappa shape index (κ2) is 10.2. The van der Waals surface area contributed by atoms with Crippen molar-refractivity contribution in [3.63, 3.8) is 0 Å². The molecule has 0 aliphatic rings. The van der Waals surface area contributed by atoms with Gasteiger partial charge in [0.1, 0.15) is 11.5 Å². The third-order valence-corrected chi connectivity index (χ3v) is 4.28. The zero-order valence-electron chi connectivity index (χ0n) is 16.0. The van der Waals surface area contributed by atoms with Crippen molar-refractivity contribution in [1.29, 1.82) is 0 Å². The maximum atomic E-state index is 12.5. The van der Waals surface area contributed by atoms with Crippen molar-refractivity contribution in [1.82, 2.24) is 0 Å². The van der Waals surface area contributed by atoms with Crippen molar-refractivity contribution >= 4 is 11.6 Å². The fourth-order valence-corrected chi connectivity index (χ4v) is 2.79. The SMILES string of the molecule is CC(Oc1ccccc1)C(=O)Nc1ccccc1OCCCc1ccccc1. The summed E-state index contributed by atoms with van der Waals surface area (Å²) in [5.41, 5.74) is 1.94. The number of benzene rings is 3. The number of nitrogens with one attached hydrogen (secondary N) is 1. The Labute approximate surface area is 166 Å². The Balaban J connectivity index is 1.52. The highest BCUT2D eigenvalue weighted by molar-refractivity contribution is 5.95. The first kappa shape index (κ1) is 19.5. The van der Waals surface area contributed by atoms with Crippen molar-refractivity contribution in [2.45, 2.75) is 25.9 Å². The summed E-state index contributed by atoms with van der Waals surface area (Å²) in [6.45, 7) is 2.31. The molecule has 28 heavy (non-hydrogen) atoms. The highest BCUT2D eigenvalue weighted by Crippen LogP contribution is 2.24. The lowest BCUT2D eigenvalue weighted by atomic mass is 10.1. The predicted molar refractivity (Wildman–Crippen MR) is 112 cm³/mol. The molecule has 0 heterocycles. The maximum Gasteiger partial charge on any atom is 0.265 e. The molecule has 3 aromatic carbocycles. The van der Waals surface area contributed by atoms with Crippen LogP contribution in [0.25, 0.3) is 0 Å². The summed E-state index contributed by atoms with van der Waals surface area (Å²) >= 11 is 0. The molecule has 4 heteroatoms. The average Bonchev–Trinajstić information content (AvgIpc) is 2.73. The van der Waals surface area contributed by atoms with Crippen molar-refractivity contribution in [2.75, 3.05) is 11.9 Å². The highest BCUT2D eigenvalue weighted by atomic mass is 16.5. The van der Waals surface area contributed by atoms with Gasteiger partial charge in [0.2, 0.25) is 0 Å². The number of amides is 1. The van der Waals surface area contributed by atoms with Crippen LogP contribution in [0.1, 0.15) is 18.9 Å². The summed E-state index contributed by atoms with van der Waals surface area (Å²) in [7, 11) is 0. The molecule has 0 spiro atoms. The topological polar surface area (TPSA) is 47.6 Å². The molecule has 3 aromatic rings. The number of anilines is 1. The molecule has 4 nitrogen and oxygen atoms in total. The summed E-state index contributed by atoms with van der Waals surface area (Å²) in [5.74, 6) is 1.11. The fraction of sp³-hybridized carbons (Fsp3) is 0.208. The molecule has 144 valence electrons. The molecule has 1 atom stereocenters. The van der Waals surface area contributed by atoms with E-state index < -0.39 is 6.10 Å². The number of carbonyl (C=O) groups excluding carboxylic acids is 1. The lowest BCUT2D eigenvalue weighted by Crippen LogP contribution is -2.30. The van der Waals surface area contributed by atoms with Crippen LogP contribution in [0.2, 0.25) is 0 Å². The van der Waals surface area contributed by atoms with Crippen molar-refractivity contribution < 1.29 is 14.3 Å². The first-order chi connectivity index (χ1) is 13.7. The van der Waals surface area contributed by atoms with Crippen LogP contribution < -0.4 is 14.8 Å². The van der Waals surface area contributed by atoms with Crippen LogP contribution in [0.5, 0.6) is 11.5 Å². The molecular formula is C24H25NO3. The van der Waals surface area contributed by atoms with Gasteiger partial charge >= 0.3 is 0 Å². The van der Waals surface area contributed by atoms with Gasteiger partial charge in [-0.1, -0.05) is 60.7 Å². The molecule has 0 aromatic heterocycles. The van der Waals surface area contributed by atoms with Gasteiger partial charge in [0, 0.05) is 0 Å². The highest BCUT2D eigenvalue weighted by Gasteiger charge is 2.16. The third kappa shape index (κ3) is 5.88. The van der Waals surface area contributed by atoms with Crippen LogP contribution in [0.4, 0.5) is 5.69 Å². The Hall–Kier alpha value is -3.27. The van der Waals surface area contributed by atoms with Gasteiger partial charge in [-0.3, -0.25) is 4.79 Å². The third-order valence-electron chi connectivity index (χ3n) is 4.28. The van der Waals surface area contributed by atoms with Gasteiger partial charge in [-0.25, -0.2) is 0 Å². The summed E-state index contributed by atoms with van der Waals surface area (Å²) < 4.78 is 11.6. The lowest BCUT2D eigenvalue weighted by Gasteiger charge is -2.17. The molecule has 1 amide bonds. The van der Waals surface area contributed by atoms with Crippen LogP contribution in [-0.4, -0.2) is 18.6 Å². The predicted octanol–water partition coefficient (Wildman–Crippen LogP) is 5.10. The molecule has 0 aliphatic carbocycles. The molecule has 0 radical (unpaired) electrons. The first-order valence-corrected chi connectivity index (χ1v) is 9.51. The first-order valence-electron chi connectivity index (χ1n) is 9.51. The number of rotatable bonds is 9. The second-order valence-corrected chi connectivity index (χ2v) is 6.50. The van der Waals surface area contributed by atoms with Crippen LogP contribution in [-0.2, 0) is 11.2 Å². The molecule has 0 saturated carbocycles. The van der Waals surface area contributed by atoms with E-state index in [1.165, 1.54) is 5.56 Å². The summed E-state index contributed by atoms with van der Waals surface area (Å²) in [6.07, 6.45) is 1.24. The van der Waals surface area contributed by atoms with Gasteiger partial charge in [-0.05, 0) is 49.6 Å². The van der Waals surface area contributed by atoms with Crippen LogP contribution >= 0.6 is 0 Å². The van der Waals surface area contributed by atoms with Crippen LogP contribution in [0, 0.1) is 0 Å². The molecular weight excluding hydrogens is 350 g/mol. The molecule has 0 fully saturated rings. The van der Waals surface area contributed by atoms with E-state index >= 15 is 0 Å². The minimum Gasteiger partial charge on any atom is -0.491 e. The molecule has 1 N–H and O–H groups in total. The molecule has 0 saturated heterocycles. The zero-order chi connectivity index (χ0) is 19.6. The van der Waals surface area contributed by atoms with Crippen molar-refractivity contribution in [3.8, 4) is 11.5 Å². The quantitative estimate of drug-likeness (QED) is 0.529. The van der Waals surface area contributed by atoms with E-state index in [1.54, 1.807) is 6.92 Å². The van der Waals surface area contributed by atoms with Gasteiger partial charge < -0.3 is 14.8 Å². The summed E-state index contributed by atoms with van der Waals surface area (Å²) in [5, 5.41) is 2.90. The zero-order valence-corrected chi connectivity index (χ0v) is 16.0. The minimum absolute atomic E-state index is 0.218. The smallest absolute Gasteiger partial charge is 0.265 e. The normalized spacial score (nSPS) is 11.5. The van der Waals surface area contributed by atoms with E-state index in [9.17, 15) is 4.79 Å². The van der Waals surface area contributed by atoms with E-state index in [4.69, 9.17) is 9.47 Å². The van der Waals surface area contributed by atoms with Gasteiger partial charge in [-0.15, -0.1) is 0 Å². The number of ether oxygens (including phenoxy) is 2. The largest absolute Gasteiger partial charge is 0.491 e. The molecule has 0 aliphatic heterocycles. The van der Waals surface area contributed by atoms with E-state index in [0.717, 1.165) is 12.8 Å². The second-order valence-electron chi connectivity index (χ2n) is 6.50. The van der Waals surface area contributed by atoms with Crippen molar-refractivity contribution in [2.24, 2.45) is 0 Å². The number of hydrogen-bond acceptors (Lipinski definition) is 3. The minimum atomic E-state index is -0.617. The van der Waals surface area contributed by atoms with Crippen LogP contribution in [0.15, 0.2) is 84.9 Å². The summed E-state index contributed by atoms with van der Waals surface area (Å²) in [6, 6.07) is 27.1. The number of hydrogen-bond donors (Lipinski definition) is 1. The Bertz CT molecular complexity index is 865. The summed E-state index contributed by atoms with van der Waals surface area (Å²) in [4.78, 5) is 12.5. The standard InChI is InChI=1S/C24H25NO3/c1-19(28-21-14-6-3-7-15-21)24(26)25-22-16-8-9-17-23(22)27-18-10-13-20-11-4-2-5-12-20/h2-9,11-12,14-17,19H,10,13,18H2,1H3,(H,25,26). The Morgan fingerprint density at radius 3 is 2.29 bits per heavy atom. The van der Waals surface area contributed by atoms with E-state index in [2.05, 4.69) is 17.4 Å². The monoisotopic (exact) mass is 375 g/mol. The maximum absolute atomic E-state index is 12.5. The Morgan fingerprint density at radius 1 is 0.893 bits per heavy atom. The number of aryl methyl sites for hydroxylation is 1. The average molecular weight is 375 g/mol. The van der Waals surface area contributed by atoms with E-state index in [-0.39, 0.29) is 5.91 Å².